The van der Waals surface area contributed by atoms with E-state index < -0.39 is 16.5 Å². The topological polar surface area (TPSA) is 56.4 Å². The summed E-state index contributed by atoms with van der Waals surface area (Å²) in [6.45, 7) is 13.8. The van der Waals surface area contributed by atoms with Crippen molar-refractivity contribution >= 4 is 16.5 Å². The number of hydrogen-bond donors (Lipinski definition) is 0. The quantitative estimate of drug-likeness (QED) is 0.610. The Balaban J connectivity index is -0.0000000548. The van der Waals surface area contributed by atoms with Gasteiger partial charge in [-0.25, -0.2) is 0 Å². The third kappa shape index (κ3) is 110. The Bertz CT molecular complexity index is 120. The third-order valence-corrected chi connectivity index (χ3v) is 6.04. The first kappa shape index (κ1) is 32.2. The molecule has 0 heterocycles. The van der Waals surface area contributed by atoms with E-state index in [1.165, 1.54) is 0 Å². The molecule has 19 heavy (non-hydrogen) atoms. The standard InChI is InChI=1S/C6H18NSi2.3C2H6N.Zr/c1-8(2,3)7-9(4,5)6;3*1-3-2;/h1-6H3;3*1-2H3;/q4*-1;+4. The summed E-state index contributed by atoms with van der Waals surface area (Å²) in [5, 5.41) is 10.5. The SMILES string of the molecule is C[N-]C.C[N-]C.C[N-]C.C[Si](C)(C)[N-][Si](C)(C)C.[Zr+4]. The Morgan fingerprint density at radius 1 is 0.474 bits per heavy atom. The van der Waals surface area contributed by atoms with Gasteiger partial charge in [0.15, 0.2) is 0 Å². The van der Waals surface area contributed by atoms with E-state index >= 15 is 0 Å². The Morgan fingerprint density at radius 3 is 0.579 bits per heavy atom. The molecule has 7 heteroatoms. The van der Waals surface area contributed by atoms with Crippen LogP contribution in [0.3, 0.4) is 0 Å². The van der Waals surface area contributed by atoms with Crippen LogP contribution in [-0.2, 0) is 26.2 Å². The summed E-state index contributed by atoms with van der Waals surface area (Å²) in [6.07, 6.45) is 0. The van der Waals surface area contributed by atoms with E-state index in [2.05, 4.69) is 55.2 Å². The molecule has 0 aliphatic rings. The van der Waals surface area contributed by atoms with Crippen molar-refractivity contribution < 1.29 is 26.2 Å². The summed E-state index contributed by atoms with van der Waals surface area (Å²) < 4.78 is 4.82. The predicted molar refractivity (Wildman–Crippen MR) is 95.7 cm³/mol. The van der Waals surface area contributed by atoms with Crippen molar-refractivity contribution in [3.05, 3.63) is 20.6 Å². The molecule has 0 fully saturated rings. The first-order valence-electron chi connectivity index (χ1n) is 6.13. The van der Waals surface area contributed by atoms with Gasteiger partial charge in [0.25, 0.3) is 0 Å². The van der Waals surface area contributed by atoms with Gasteiger partial charge in [0, 0.05) is 0 Å². The maximum Gasteiger partial charge on any atom is 4.00 e. The zero-order chi connectivity index (χ0) is 15.8. The van der Waals surface area contributed by atoms with Crippen molar-refractivity contribution in [2.24, 2.45) is 0 Å². The second kappa shape index (κ2) is 21.5. The Labute approximate surface area is 144 Å². The van der Waals surface area contributed by atoms with Gasteiger partial charge in [-0.1, -0.05) is 55.8 Å². The van der Waals surface area contributed by atoms with E-state index in [9.17, 15) is 0 Å². The van der Waals surface area contributed by atoms with Gasteiger partial charge in [-0.05, 0) is 0 Å². The summed E-state index contributed by atoms with van der Waals surface area (Å²) >= 11 is 0. The molecule has 0 atom stereocenters. The molecule has 116 valence electrons. The van der Waals surface area contributed by atoms with Crippen LogP contribution in [0.25, 0.3) is 20.6 Å². The Kier molecular flexibility index (Phi) is 36.4. The van der Waals surface area contributed by atoms with Gasteiger partial charge in [0.1, 0.15) is 0 Å². The van der Waals surface area contributed by atoms with Crippen LogP contribution in [0.15, 0.2) is 0 Å². The van der Waals surface area contributed by atoms with E-state index in [1.54, 1.807) is 42.3 Å². The van der Waals surface area contributed by atoms with Crippen LogP contribution >= 0.6 is 0 Å². The average Bonchev–Trinajstić information content (AvgIpc) is 2.00. The molecular weight excluding hydrogens is 348 g/mol. The normalized spacial score (nSPS) is 9.47. The Morgan fingerprint density at radius 2 is 0.579 bits per heavy atom. The van der Waals surface area contributed by atoms with Crippen LogP contribution in [0.1, 0.15) is 0 Å². The van der Waals surface area contributed by atoms with Gasteiger partial charge >= 0.3 is 26.2 Å². The zero-order valence-electron chi connectivity index (χ0n) is 15.3. The summed E-state index contributed by atoms with van der Waals surface area (Å²) in [5.41, 5.74) is 0. The zero-order valence-corrected chi connectivity index (χ0v) is 19.7. The third-order valence-electron chi connectivity index (χ3n) is 0.671. The second-order valence-electron chi connectivity index (χ2n) is 5.80. The van der Waals surface area contributed by atoms with Gasteiger partial charge in [-0.3, -0.25) is 0 Å². The molecule has 0 saturated heterocycles. The molecule has 0 aliphatic carbocycles. The van der Waals surface area contributed by atoms with E-state index in [1.807, 2.05) is 0 Å². The van der Waals surface area contributed by atoms with Gasteiger partial charge < -0.3 is 20.6 Å². The van der Waals surface area contributed by atoms with E-state index in [-0.39, 0.29) is 26.2 Å². The van der Waals surface area contributed by atoms with Gasteiger partial charge in [-0.2, -0.15) is 42.3 Å². The number of hydrogen-bond acceptors (Lipinski definition) is 0. The van der Waals surface area contributed by atoms with Crippen molar-refractivity contribution in [2.45, 2.75) is 39.3 Å². The van der Waals surface area contributed by atoms with Gasteiger partial charge in [0.05, 0.1) is 0 Å². The average molecular weight is 384 g/mol. The monoisotopic (exact) mass is 382 g/mol. The van der Waals surface area contributed by atoms with Crippen molar-refractivity contribution in [1.82, 2.24) is 0 Å². The molecule has 0 aromatic heterocycles. The fraction of sp³-hybridized carbons (Fsp3) is 1.00. The molecule has 0 aliphatic heterocycles. The summed E-state index contributed by atoms with van der Waals surface area (Å²) in [7, 11) is 8.29. The van der Waals surface area contributed by atoms with Crippen molar-refractivity contribution in [3.63, 3.8) is 0 Å². The first-order valence-corrected chi connectivity index (χ1v) is 13.0. The fourth-order valence-electron chi connectivity index (χ4n) is 1.01. The molecule has 0 bridgehead atoms. The van der Waals surface area contributed by atoms with Crippen LogP contribution < -0.4 is 0 Å². The molecule has 4 nitrogen and oxygen atoms in total. The van der Waals surface area contributed by atoms with Crippen LogP contribution in [0, 0.1) is 0 Å². The minimum Gasteiger partial charge on any atom is -0.668 e. The summed E-state index contributed by atoms with van der Waals surface area (Å²) in [4.78, 5) is 0. The largest absolute Gasteiger partial charge is 4.00 e. The van der Waals surface area contributed by atoms with Gasteiger partial charge in [-0.15, -0.1) is 0 Å². The second-order valence-corrected chi connectivity index (χ2v) is 15.4. The Hall–Kier alpha value is 1.16. The summed E-state index contributed by atoms with van der Waals surface area (Å²) in [6, 6.07) is 0. The molecule has 0 amide bonds. The van der Waals surface area contributed by atoms with Crippen LogP contribution in [0.2, 0.25) is 39.3 Å². The number of nitrogens with zero attached hydrogens (tertiary/aromatic N) is 4. The molecule has 0 N–H and O–H groups in total. The molecule has 0 unspecified atom stereocenters. The first-order chi connectivity index (χ1) is 7.95. The molecule has 0 aromatic carbocycles. The van der Waals surface area contributed by atoms with E-state index in [0.29, 0.717) is 0 Å². The maximum atomic E-state index is 4.82. The molecule has 0 spiro atoms. The molecule has 0 saturated carbocycles. The minimum absolute atomic E-state index is 0. The maximum absolute atomic E-state index is 4.82. The smallest absolute Gasteiger partial charge is 0.668 e. The fourth-order valence-corrected chi connectivity index (χ4v) is 9.06. The van der Waals surface area contributed by atoms with Crippen LogP contribution in [-0.4, -0.2) is 58.8 Å². The summed E-state index contributed by atoms with van der Waals surface area (Å²) in [5.74, 6) is 0. The van der Waals surface area contributed by atoms with Crippen LogP contribution in [0.5, 0.6) is 0 Å². The molecule has 0 rings (SSSR count). The molecular formula is C12H36N4Si2Zr. The predicted octanol–water partition coefficient (Wildman–Crippen LogP) is 4.89. The van der Waals surface area contributed by atoms with E-state index in [0.717, 1.165) is 0 Å². The van der Waals surface area contributed by atoms with Gasteiger partial charge in [0.2, 0.25) is 0 Å². The minimum atomic E-state index is -1.11. The van der Waals surface area contributed by atoms with Crippen molar-refractivity contribution in [1.29, 1.82) is 0 Å². The molecule has 0 aromatic rings. The van der Waals surface area contributed by atoms with Crippen LogP contribution in [0.4, 0.5) is 0 Å². The van der Waals surface area contributed by atoms with E-state index in [4.69, 9.17) is 4.65 Å². The van der Waals surface area contributed by atoms with Crippen molar-refractivity contribution in [3.8, 4) is 0 Å². The van der Waals surface area contributed by atoms with Crippen molar-refractivity contribution in [2.75, 3.05) is 42.3 Å². The molecule has 0 radical (unpaired) electrons. The number of rotatable bonds is 2.